The number of rotatable bonds is 5. The number of aromatic nitrogens is 3. The fourth-order valence-electron chi connectivity index (χ4n) is 8.25. The summed E-state index contributed by atoms with van der Waals surface area (Å²) in [6.07, 6.45) is 2.06. The van der Waals surface area contributed by atoms with Gasteiger partial charge in [-0.2, -0.15) is 0 Å². The zero-order chi connectivity index (χ0) is 41.8. The van der Waals surface area contributed by atoms with Crippen LogP contribution in [0.5, 0.6) is 0 Å². The summed E-state index contributed by atoms with van der Waals surface area (Å²) in [6, 6.07) is 58.0. The van der Waals surface area contributed by atoms with Crippen molar-refractivity contribution in [3.05, 3.63) is 181 Å². The van der Waals surface area contributed by atoms with Crippen LogP contribution in [-0.2, 0) is 25.5 Å². The largest absolute Gasteiger partial charge is 0 e. The third-order valence-corrected chi connectivity index (χ3v) is 15.6. The van der Waals surface area contributed by atoms with Gasteiger partial charge in [0.25, 0.3) is 0 Å². The molecule has 0 bridgehead atoms. The molecule has 0 amide bonds. The van der Waals surface area contributed by atoms with Crippen LogP contribution in [0.2, 0.25) is 17.3 Å². The summed E-state index contributed by atoms with van der Waals surface area (Å²) in [5.41, 5.74) is 14.0. The topological polar surface area (TPSA) is 43.9 Å². The van der Waals surface area contributed by atoms with Crippen molar-refractivity contribution >= 4 is 61.4 Å². The summed E-state index contributed by atoms with van der Waals surface area (Å²) in [7, 11) is 0. The van der Waals surface area contributed by atoms with Crippen LogP contribution in [-0.4, -0.2) is 27.8 Å². The molecule has 1 radical (unpaired) electrons. The normalized spacial score (nSPS) is 11.8. The average Bonchev–Trinajstić information content (AvgIpc) is 3.82. The first-order valence-corrected chi connectivity index (χ1v) is 28.1. The summed E-state index contributed by atoms with van der Waals surface area (Å²) in [4.78, 5) is 9.85. The SMILES string of the molecule is Cc1cc(C)c2oc3c[c-]c(-c4nc5ccccc5n4-c4ccc(-c5ccccc5)cc4C(C)(C)C)cc3c2c1.[CH3][Ge]([CH3])([CH3])[c]1ccc(-c2[c-]ccc3ccccc23)nc1.[Ir]. The van der Waals surface area contributed by atoms with Crippen LogP contribution in [0.25, 0.3) is 83.2 Å². The minimum Gasteiger partial charge on any atom is 0 e. The van der Waals surface area contributed by atoms with Crippen LogP contribution in [0.1, 0.15) is 37.5 Å². The summed E-state index contributed by atoms with van der Waals surface area (Å²) >= 11 is -1.78. The Labute approximate surface area is 375 Å². The second-order valence-corrected chi connectivity index (χ2v) is 28.6. The van der Waals surface area contributed by atoms with E-state index in [-0.39, 0.29) is 25.5 Å². The quantitative estimate of drug-likeness (QED) is 0.127. The molecule has 6 heteroatoms. The van der Waals surface area contributed by atoms with E-state index >= 15 is 0 Å². The van der Waals surface area contributed by atoms with E-state index in [0.717, 1.165) is 66.9 Å². The van der Waals surface area contributed by atoms with E-state index in [1.807, 2.05) is 12.1 Å². The Bertz CT molecular complexity index is 3180. The van der Waals surface area contributed by atoms with Crippen molar-refractivity contribution in [2.24, 2.45) is 0 Å². The Hall–Kier alpha value is -5.59. The smallest absolute Gasteiger partial charge is 0 e. The van der Waals surface area contributed by atoms with Crippen molar-refractivity contribution in [2.75, 3.05) is 0 Å². The van der Waals surface area contributed by atoms with E-state index in [9.17, 15) is 0 Å². The zero-order valence-corrected chi connectivity index (χ0v) is 40.5. The molecule has 0 aliphatic carbocycles. The van der Waals surface area contributed by atoms with Gasteiger partial charge in [0.15, 0.2) is 0 Å². The number of benzene rings is 7. The molecule has 0 fully saturated rings. The number of furan rings is 1. The Morgan fingerprint density at radius 3 is 2.20 bits per heavy atom. The number of nitrogens with zero attached hydrogens (tertiary/aromatic N) is 3. The number of hydrogen-bond donors (Lipinski definition) is 0. The Balaban J connectivity index is 0.000000206. The van der Waals surface area contributed by atoms with Gasteiger partial charge in [0.1, 0.15) is 5.58 Å². The van der Waals surface area contributed by atoms with Gasteiger partial charge in [-0.1, -0.05) is 86.3 Å². The first-order valence-electron chi connectivity index (χ1n) is 20.7. The molecule has 0 N–H and O–H groups in total. The number of aryl methyl sites for hydroxylation is 2. The molecular weight excluding hydrogens is 983 g/mol. The van der Waals surface area contributed by atoms with Crippen LogP contribution in [0.3, 0.4) is 0 Å². The number of para-hydroxylation sites is 2. The Kier molecular flexibility index (Phi) is 11.5. The second-order valence-electron chi connectivity index (χ2n) is 17.9. The third kappa shape index (κ3) is 8.27. The maximum Gasteiger partial charge on any atom is 0 e. The summed E-state index contributed by atoms with van der Waals surface area (Å²) in [5, 5.41) is 4.67. The molecule has 61 heavy (non-hydrogen) atoms. The van der Waals surface area contributed by atoms with Crippen molar-refractivity contribution in [1.82, 2.24) is 14.5 Å². The maximum absolute atomic E-state index is 6.26. The van der Waals surface area contributed by atoms with Gasteiger partial charge in [-0.15, -0.1) is 23.8 Å². The van der Waals surface area contributed by atoms with Gasteiger partial charge in [0.2, 0.25) is 0 Å². The molecule has 7 aromatic carbocycles. The molecule has 0 spiro atoms. The van der Waals surface area contributed by atoms with Crippen molar-refractivity contribution in [3.8, 4) is 39.5 Å². The van der Waals surface area contributed by atoms with E-state index < -0.39 is 13.3 Å². The molecule has 0 saturated carbocycles. The fraction of sp³-hybridized carbons (Fsp3) is 0.164. The molecule has 0 saturated heterocycles. The number of hydrogen-bond acceptors (Lipinski definition) is 3. The van der Waals surface area contributed by atoms with Crippen molar-refractivity contribution in [2.45, 2.75) is 57.3 Å². The van der Waals surface area contributed by atoms with Crippen LogP contribution in [0, 0.1) is 26.0 Å². The molecule has 10 aromatic rings. The number of imidazole rings is 1. The Morgan fingerprint density at radius 2 is 1.44 bits per heavy atom. The van der Waals surface area contributed by atoms with Gasteiger partial charge in [0, 0.05) is 31.2 Å². The maximum atomic E-state index is 6.26. The summed E-state index contributed by atoms with van der Waals surface area (Å²) < 4.78 is 10.0. The van der Waals surface area contributed by atoms with Gasteiger partial charge in [-0.25, -0.2) is 0 Å². The molecule has 3 aromatic heterocycles. The van der Waals surface area contributed by atoms with Gasteiger partial charge in [0.05, 0.1) is 22.4 Å². The molecule has 3 heterocycles. The van der Waals surface area contributed by atoms with Gasteiger partial charge < -0.3 is 8.98 Å². The molecule has 0 unspecified atom stereocenters. The minimum absolute atomic E-state index is 0. The van der Waals surface area contributed by atoms with Crippen LogP contribution in [0.4, 0.5) is 0 Å². The van der Waals surface area contributed by atoms with Gasteiger partial charge in [-0.05, 0) is 71.8 Å². The molecular formula is C55H49GeIrN3O-2. The van der Waals surface area contributed by atoms with Crippen molar-refractivity contribution in [3.63, 3.8) is 0 Å². The Morgan fingerprint density at radius 1 is 0.689 bits per heavy atom. The zero-order valence-electron chi connectivity index (χ0n) is 36.0. The van der Waals surface area contributed by atoms with E-state index in [1.165, 1.54) is 37.4 Å². The first kappa shape index (κ1) is 42.1. The second kappa shape index (κ2) is 16.7. The summed E-state index contributed by atoms with van der Waals surface area (Å²) in [5.74, 6) is 8.04. The standard InChI is InChI=1S/C37H31N2O.C18H18GeN.Ir/c1-23-19-24(2)35-29(20-23)28-21-27(16-18-34(28)40-35)36-38-31-13-9-10-14-33(31)39(36)32-17-15-26(22-30(32)37(3,4)5)25-11-7-6-8-12-25;1-19(2,3)15-11-12-18(20-13-15)17-10-6-8-14-7-4-5-9-16(14)17;/h6-15,17-22H,1-5H3;4-9,11-13H,1-3H3;/q2*-1;. The van der Waals surface area contributed by atoms with Gasteiger partial charge in [-0.3, -0.25) is 4.98 Å². The monoisotopic (exact) mass is 1030 g/mol. The van der Waals surface area contributed by atoms with Gasteiger partial charge >= 0.3 is 123 Å². The van der Waals surface area contributed by atoms with Crippen molar-refractivity contribution < 1.29 is 24.5 Å². The molecule has 10 rings (SSSR count). The van der Waals surface area contributed by atoms with E-state index in [0.29, 0.717) is 0 Å². The fourth-order valence-corrected chi connectivity index (χ4v) is 10.4. The van der Waals surface area contributed by atoms with Crippen LogP contribution < -0.4 is 4.40 Å². The molecule has 4 nitrogen and oxygen atoms in total. The minimum atomic E-state index is -1.78. The van der Waals surface area contributed by atoms with Crippen LogP contribution in [0.15, 0.2) is 156 Å². The summed E-state index contributed by atoms with van der Waals surface area (Å²) in [6.45, 7) is 11.1. The number of fused-ring (bicyclic) bond motifs is 5. The first-order chi connectivity index (χ1) is 28.8. The van der Waals surface area contributed by atoms with E-state index in [2.05, 4.69) is 213 Å². The van der Waals surface area contributed by atoms with Crippen molar-refractivity contribution in [1.29, 1.82) is 0 Å². The molecule has 305 valence electrons. The van der Waals surface area contributed by atoms with Crippen LogP contribution >= 0.6 is 0 Å². The van der Waals surface area contributed by atoms with E-state index in [1.54, 1.807) is 0 Å². The molecule has 0 atom stereocenters. The molecule has 0 aliphatic rings. The predicted molar refractivity (Wildman–Crippen MR) is 255 cm³/mol. The molecule has 0 aliphatic heterocycles. The number of pyridine rings is 1. The average molecular weight is 1030 g/mol. The predicted octanol–water partition coefficient (Wildman–Crippen LogP) is 14.2. The van der Waals surface area contributed by atoms with E-state index in [4.69, 9.17) is 9.40 Å². The third-order valence-electron chi connectivity index (χ3n) is 11.4.